The van der Waals surface area contributed by atoms with Crippen LogP contribution in [0.1, 0.15) is 62.3 Å². The fourth-order valence-corrected chi connectivity index (χ4v) is 6.68. The predicted octanol–water partition coefficient (Wildman–Crippen LogP) is 5.44. The summed E-state index contributed by atoms with van der Waals surface area (Å²) >= 11 is 1.67. The molecule has 0 radical (unpaired) electrons. The lowest BCUT2D eigenvalue weighted by Gasteiger charge is -2.45. The normalized spacial score (nSPS) is 26.6. The molecule has 0 bridgehead atoms. The van der Waals surface area contributed by atoms with Crippen molar-refractivity contribution >= 4 is 22.9 Å². The Labute approximate surface area is 158 Å². The third kappa shape index (κ3) is 2.11. The fourth-order valence-electron chi connectivity index (χ4n) is 5.64. The first-order chi connectivity index (χ1) is 12.7. The number of hydrogen-bond acceptors (Lipinski definition) is 4. The van der Waals surface area contributed by atoms with Gasteiger partial charge in [0.15, 0.2) is 5.78 Å². The predicted molar refractivity (Wildman–Crippen MR) is 105 cm³/mol. The maximum absolute atomic E-state index is 13.6. The van der Waals surface area contributed by atoms with Gasteiger partial charge in [-0.3, -0.25) is 4.79 Å². The van der Waals surface area contributed by atoms with Crippen LogP contribution in [-0.2, 0) is 10.2 Å². The number of benzene rings is 1. The highest BCUT2D eigenvalue weighted by Crippen LogP contribution is 2.58. The number of allylic oxidation sites excluding steroid dienone is 2. The van der Waals surface area contributed by atoms with E-state index in [4.69, 9.17) is 0 Å². The molecule has 0 saturated heterocycles. The second-order valence-corrected chi connectivity index (χ2v) is 8.97. The number of fused-ring (bicyclic) bond motifs is 1. The average Bonchev–Trinajstić information content (AvgIpc) is 3.30. The molecule has 0 unspecified atom stereocenters. The Bertz CT molecular complexity index is 892. The highest BCUT2D eigenvalue weighted by molar-refractivity contribution is 7.10. The maximum Gasteiger partial charge on any atom is 0.162 e. The summed E-state index contributed by atoms with van der Waals surface area (Å²) in [6.45, 7) is 2.21. The first kappa shape index (κ1) is 16.2. The number of carbonyl (C=O) groups is 1. The number of thiazole rings is 1. The van der Waals surface area contributed by atoms with E-state index in [9.17, 15) is 4.79 Å². The first-order valence-electron chi connectivity index (χ1n) is 9.72. The van der Waals surface area contributed by atoms with Crippen molar-refractivity contribution in [3.63, 3.8) is 0 Å². The molecule has 134 valence electrons. The van der Waals surface area contributed by atoms with Crippen LogP contribution < -0.4 is 5.32 Å². The molecule has 2 aromatic rings. The average molecular weight is 365 g/mol. The van der Waals surface area contributed by atoms with Gasteiger partial charge in [0.25, 0.3) is 0 Å². The zero-order valence-electron chi connectivity index (χ0n) is 15.2. The lowest BCUT2D eigenvalue weighted by Crippen LogP contribution is -2.43. The summed E-state index contributed by atoms with van der Waals surface area (Å²) < 4.78 is 0. The van der Waals surface area contributed by atoms with Gasteiger partial charge in [-0.2, -0.15) is 0 Å². The number of hydrogen-bond donors (Lipinski definition) is 1. The molecule has 2 heterocycles. The highest BCUT2D eigenvalue weighted by atomic mass is 32.1. The van der Waals surface area contributed by atoms with Gasteiger partial charge in [-0.05, 0) is 36.7 Å². The minimum atomic E-state index is -0.352. The minimum absolute atomic E-state index is 0.187. The van der Waals surface area contributed by atoms with Gasteiger partial charge in [-0.25, -0.2) is 4.98 Å². The van der Waals surface area contributed by atoms with E-state index in [1.54, 1.807) is 11.3 Å². The Morgan fingerprint density at radius 1 is 1.15 bits per heavy atom. The Kier molecular flexibility index (Phi) is 3.61. The summed E-state index contributed by atoms with van der Waals surface area (Å²) in [5.41, 5.74) is 5.13. The van der Waals surface area contributed by atoms with Crippen LogP contribution in [0.5, 0.6) is 0 Å². The number of carbonyl (C=O) groups excluding carboxylic acids is 1. The van der Waals surface area contributed by atoms with Crippen LogP contribution in [0.4, 0.5) is 5.82 Å². The second-order valence-electron chi connectivity index (χ2n) is 8.12. The zero-order chi connectivity index (χ0) is 17.8. The number of nitrogens with one attached hydrogen (secondary N) is 1. The standard InChI is InChI=1S/C22H24N2OS/c1-2-22(15-8-4-3-5-9-15)18-16(24-20-19(22)26-14-23-20)12-21(13-17(18)25)10-6-7-11-21/h3-5,8-9,14,24H,2,6-7,10-13H2,1H3/t22-/m1/s1. The van der Waals surface area contributed by atoms with Gasteiger partial charge >= 0.3 is 0 Å². The quantitative estimate of drug-likeness (QED) is 0.771. The monoisotopic (exact) mass is 364 g/mol. The van der Waals surface area contributed by atoms with Gasteiger partial charge in [-0.1, -0.05) is 50.1 Å². The largest absolute Gasteiger partial charge is 0.342 e. The Hall–Kier alpha value is -1.94. The van der Waals surface area contributed by atoms with Crippen LogP contribution >= 0.6 is 11.3 Å². The molecule has 1 spiro atoms. The minimum Gasteiger partial charge on any atom is -0.342 e. The molecule has 1 atom stereocenters. The van der Waals surface area contributed by atoms with Gasteiger partial charge in [0.2, 0.25) is 0 Å². The molecule has 1 fully saturated rings. The van der Waals surface area contributed by atoms with E-state index in [1.807, 2.05) is 11.6 Å². The van der Waals surface area contributed by atoms with E-state index in [1.165, 1.54) is 36.1 Å². The molecule has 5 rings (SSSR count). The molecule has 3 nitrogen and oxygen atoms in total. The Morgan fingerprint density at radius 3 is 2.65 bits per heavy atom. The number of rotatable bonds is 2. The van der Waals surface area contributed by atoms with Gasteiger partial charge in [-0.15, -0.1) is 11.3 Å². The Morgan fingerprint density at radius 2 is 1.92 bits per heavy atom. The van der Waals surface area contributed by atoms with Gasteiger partial charge < -0.3 is 5.32 Å². The third-order valence-electron chi connectivity index (χ3n) is 6.78. The van der Waals surface area contributed by atoms with Crippen molar-refractivity contribution in [3.8, 4) is 0 Å². The van der Waals surface area contributed by atoms with Crippen molar-refractivity contribution in [2.45, 2.75) is 57.3 Å². The fraction of sp³-hybridized carbons (Fsp3) is 0.455. The van der Waals surface area contributed by atoms with Crippen molar-refractivity contribution in [2.75, 3.05) is 5.32 Å². The SMILES string of the molecule is CC[C@@]1(c2ccccc2)C2=C(CC3(CCCC3)CC2=O)Nc2ncsc21. The third-order valence-corrected chi connectivity index (χ3v) is 7.77. The van der Waals surface area contributed by atoms with E-state index in [2.05, 4.69) is 41.5 Å². The van der Waals surface area contributed by atoms with Crippen LogP contribution in [0.2, 0.25) is 0 Å². The summed E-state index contributed by atoms with van der Waals surface area (Å²) in [7, 11) is 0. The van der Waals surface area contributed by atoms with Crippen molar-refractivity contribution in [2.24, 2.45) is 5.41 Å². The topological polar surface area (TPSA) is 42.0 Å². The number of nitrogens with zero attached hydrogens (tertiary/aromatic N) is 1. The van der Waals surface area contributed by atoms with E-state index in [0.29, 0.717) is 5.78 Å². The summed E-state index contributed by atoms with van der Waals surface area (Å²) in [5, 5.41) is 3.58. The Balaban J connectivity index is 1.75. The molecule has 26 heavy (non-hydrogen) atoms. The van der Waals surface area contributed by atoms with Gasteiger partial charge in [0.05, 0.1) is 15.8 Å². The van der Waals surface area contributed by atoms with E-state index < -0.39 is 0 Å². The van der Waals surface area contributed by atoms with Crippen molar-refractivity contribution in [3.05, 3.63) is 57.6 Å². The lowest BCUT2D eigenvalue weighted by atomic mass is 9.61. The summed E-state index contributed by atoms with van der Waals surface area (Å²) in [4.78, 5) is 19.4. The molecule has 4 heteroatoms. The molecule has 1 saturated carbocycles. The second kappa shape index (κ2) is 5.78. The van der Waals surface area contributed by atoms with E-state index in [0.717, 1.165) is 36.4 Å². The van der Waals surface area contributed by atoms with Crippen LogP contribution in [0, 0.1) is 5.41 Å². The van der Waals surface area contributed by atoms with Gasteiger partial charge in [0.1, 0.15) is 5.82 Å². The van der Waals surface area contributed by atoms with Crippen molar-refractivity contribution in [1.29, 1.82) is 0 Å². The van der Waals surface area contributed by atoms with Crippen LogP contribution in [-0.4, -0.2) is 10.8 Å². The zero-order valence-corrected chi connectivity index (χ0v) is 16.0. The molecule has 1 aromatic heterocycles. The molecule has 1 N–H and O–H groups in total. The first-order valence-corrected chi connectivity index (χ1v) is 10.6. The summed E-state index contributed by atoms with van der Waals surface area (Å²) in [6.07, 6.45) is 7.49. The van der Waals surface area contributed by atoms with E-state index >= 15 is 0 Å². The number of anilines is 1. The van der Waals surface area contributed by atoms with Crippen molar-refractivity contribution < 1.29 is 4.79 Å². The molecular formula is C22H24N2OS. The molecule has 1 aromatic carbocycles. The lowest BCUT2D eigenvalue weighted by molar-refractivity contribution is -0.119. The van der Waals surface area contributed by atoms with E-state index in [-0.39, 0.29) is 10.8 Å². The highest BCUT2D eigenvalue weighted by Gasteiger charge is 2.52. The van der Waals surface area contributed by atoms with Crippen molar-refractivity contribution in [1.82, 2.24) is 4.98 Å². The number of Topliss-reactive ketones (excluding diaryl/α,β-unsaturated/α-hetero) is 1. The molecule has 1 aliphatic heterocycles. The smallest absolute Gasteiger partial charge is 0.162 e. The molecular weight excluding hydrogens is 340 g/mol. The number of ketones is 1. The van der Waals surface area contributed by atoms with Gasteiger partial charge in [0, 0.05) is 17.7 Å². The maximum atomic E-state index is 13.6. The molecule has 2 aliphatic carbocycles. The summed E-state index contributed by atoms with van der Waals surface area (Å²) in [5.74, 6) is 1.31. The van der Waals surface area contributed by atoms with Crippen LogP contribution in [0.15, 0.2) is 47.1 Å². The molecule has 0 amide bonds. The summed E-state index contributed by atoms with van der Waals surface area (Å²) in [6, 6.07) is 10.6. The van der Waals surface area contributed by atoms with Crippen LogP contribution in [0.3, 0.4) is 0 Å². The molecule has 3 aliphatic rings. The van der Waals surface area contributed by atoms with Crippen LogP contribution in [0.25, 0.3) is 0 Å². The number of aromatic nitrogens is 1.